The molecular weight excluding hydrogens is 507 g/mol. The van der Waals surface area contributed by atoms with Crippen LogP contribution in [0.5, 0.6) is 11.5 Å². The molecule has 0 aromatic heterocycles. The molecule has 0 radical (unpaired) electrons. The zero-order valence-corrected chi connectivity index (χ0v) is 21.4. The Hall–Kier alpha value is -3.64. The number of methoxy groups -OCH3 is 2. The number of carbonyl (C=O) groups excluding carboxylic acids is 1. The van der Waals surface area contributed by atoms with Crippen LogP contribution in [0.2, 0.25) is 5.02 Å². The van der Waals surface area contributed by atoms with E-state index in [-0.39, 0.29) is 34.3 Å². The zero-order valence-electron chi connectivity index (χ0n) is 20.7. The van der Waals surface area contributed by atoms with E-state index < -0.39 is 23.1 Å². The molecule has 0 unspecified atom stereocenters. The normalized spacial score (nSPS) is 19.5. The highest BCUT2D eigenvalue weighted by Gasteiger charge is 2.45. The largest absolute Gasteiger partial charge is 0.493 e. The van der Waals surface area contributed by atoms with E-state index in [0.717, 1.165) is 18.2 Å². The fraction of sp³-hybridized carbons (Fsp3) is 0.333. The summed E-state index contributed by atoms with van der Waals surface area (Å²) < 4.78 is 51.5. The molecule has 0 bridgehead atoms. The smallest absolute Gasteiger partial charge is 0.416 e. The van der Waals surface area contributed by atoms with Crippen LogP contribution in [0.1, 0.15) is 43.7 Å². The number of rotatable bonds is 4. The third-order valence-corrected chi connectivity index (χ3v) is 6.96. The second-order valence-electron chi connectivity index (χ2n) is 9.76. The van der Waals surface area contributed by atoms with Crippen molar-refractivity contribution in [2.24, 2.45) is 11.1 Å². The summed E-state index contributed by atoms with van der Waals surface area (Å²) in [6, 6.07) is 10.0. The second-order valence-corrected chi connectivity index (χ2v) is 10.2. The lowest BCUT2D eigenvalue weighted by atomic mass is 9.68. The number of halogens is 4. The fourth-order valence-electron chi connectivity index (χ4n) is 5.01. The summed E-state index contributed by atoms with van der Waals surface area (Å²) in [5.41, 5.74) is 6.34. The highest BCUT2D eigenvalue weighted by Crippen LogP contribution is 2.52. The number of benzene rings is 2. The monoisotopic (exact) mass is 531 g/mol. The summed E-state index contributed by atoms with van der Waals surface area (Å²) in [5, 5.41) is 10.2. The van der Waals surface area contributed by atoms with Crippen LogP contribution in [0.15, 0.2) is 59.1 Å². The Morgan fingerprint density at radius 2 is 1.78 bits per heavy atom. The maximum Gasteiger partial charge on any atom is 0.416 e. The van der Waals surface area contributed by atoms with Gasteiger partial charge in [-0.3, -0.25) is 9.69 Å². The van der Waals surface area contributed by atoms with Crippen molar-refractivity contribution in [1.29, 1.82) is 5.26 Å². The summed E-state index contributed by atoms with van der Waals surface area (Å²) in [4.78, 5) is 15.0. The number of nitrogens with zero attached hydrogens (tertiary/aromatic N) is 2. The first kappa shape index (κ1) is 26.4. The Kier molecular flexibility index (Phi) is 6.67. The number of allylic oxidation sites excluding steroid dienone is 3. The summed E-state index contributed by atoms with van der Waals surface area (Å²) in [7, 11) is 2.95. The number of carbonyl (C=O) groups is 1. The van der Waals surface area contributed by atoms with Crippen LogP contribution in [-0.2, 0) is 11.0 Å². The van der Waals surface area contributed by atoms with Crippen LogP contribution in [0.25, 0.3) is 0 Å². The van der Waals surface area contributed by atoms with Gasteiger partial charge < -0.3 is 15.2 Å². The van der Waals surface area contributed by atoms with E-state index in [2.05, 4.69) is 6.07 Å². The highest BCUT2D eigenvalue weighted by atomic mass is 35.5. The molecule has 37 heavy (non-hydrogen) atoms. The molecule has 2 aliphatic rings. The predicted octanol–water partition coefficient (Wildman–Crippen LogP) is 6.32. The van der Waals surface area contributed by atoms with Gasteiger partial charge in [0.1, 0.15) is 5.82 Å². The van der Waals surface area contributed by atoms with Gasteiger partial charge in [-0.05, 0) is 47.7 Å². The van der Waals surface area contributed by atoms with E-state index in [0.29, 0.717) is 34.8 Å². The minimum Gasteiger partial charge on any atom is -0.493 e. The maximum atomic E-state index is 13.6. The van der Waals surface area contributed by atoms with Gasteiger partial charge in [0.15, 0.2) is 17.3 Å². The molecule has 0 fully saturated rings. The van der Waals surface area contributed by atoms with Crippen LogP contribution in [0.4, 0.5) is 18.9 Å². The molecule has 0 spiro atoms. The first-order valence-electron chi connectivity index (χ1n) is 11.4. The van der Waals surface area contributed by atoms with Gasteiger partial charge in [-0.25, -0.2) is 0 Å². The molecule has 1 heterocycles. The standard InChI is InChI=1S/C27H25ClF3N3O3/c1-26(2)11-19-24(20(35)12-26)23(14-5-8-21(36-3)22(9-14)37-4)16(13-32)25(33)34(19)18-10-15(27(29,30)31)6-7-17(18)28/h5-10,23H,11-12,33H2,1-4H3/t23-/m1/s1. The van der Waals surface area contributed by atoms with E-state index in [9.17, 15) is 23.2 Å². The van der Waals surface area contributed by atoms with Crippen molar-refractivity contribution in [3.05, 3.63) is 75.2 Å². The minimum absolute atomic E-state index is 0.000449. The molecule has 2 aromatic rings. The topological polar surface area (TPSA) is 88.6 Å². The molecule has 194 valence electrons. The predicted molar refractivity (Wildman–Crippen MR) is 133 cm³/mol. The zero-order chi connectivity index (χ0) is 27.3. The number of ether oxygens (including phenoxy) is 2. The molecule has 0 saturated carbocycles. The molecule has 1 aliphatic carbocycles. The van der Waals surface area contributed by atoms with E-state index >= 15 is 0 Å². The van der Waals surface area contributed by atoms with E-state index in [1.54, 1.807) is 18.2 Å². The third-order valence-electron chi connectivity index (χ3n) is 6.64. The quantitative estimate of drug-likeness (QED) is 0.497. The lowest BCUT2D eigenvalue weighted by molar-refractivity contribution is -0.137. The van der Waals surface area contributed by atoms with Crippen LogP contribution in [0, 0.1) is 16.7 Å². The van der Waals surface area contributed by atoms with Crippen molar-refractivity contribution in [2.45, 2.75) is 38.8 Å². The summed E-state index contributed by atoms with van der Waals surface area (Å²) in [6.45, 7) is 3.79. The lowest BCUT2D eigenvalue weighted by Gasteiger charge is -2.44. The fourth-order valence-corrected chi connectivity index (χ4v) is 5.21. The molecule has 4 rings (SSSR count). The van der Waals surface area contributed by atoms with E-state index in [1.807, 2.05) is 13.8 Å². The molecule has 10 heteroatoms. The number of anilines is 1. The lowest BCUT2D eigenvalue weighted by Crippen LogP contribution is -2.42. The van der Waals surface area contributed by atoms with Crippen molar-refractivity contribution in [3.8, 4) is 17.6 Å². The van der Waals surface area contributed by atoms with Crippen molar-refractivity contribution in [1.82, 2.24) is 0 Å². The third kappa shape index (κ3) is 4.62. The molecular formula is C27H25ClF3N3O3. The Morgan fingerprint density at radius 1 is 1.11 bits per heavy atom. The van der Waals surface area contributed by atoms with Gasteiger partial charge in [-0.2, -0.15) is 18.4 Å². The Labute approximate surface area is 217 Å². The molecule has 1 aliphatic heterocycles. The Bertz CT molecular complexity index is 1390. The van der Waals surface area contributed by atoms with Gasteiger partial charge >= 0.3 is 6.18 Å². The SMILES string of the molecule is COc1ccc([C@@H]2C(C#N)=C(N)N(c3cc(C(F)(F)F)ccc3Cl)C3=C2C(=O)CC(C)(C)C3)cc1OC. The average Bonchev–Trinajstić information content (AvgIpc) is 2.82. The van der Waals surface area contributed by atoms with Crippen LogP contribution >= 0.6 is 11.6 Å². The van der Waals surface area contributed by atoms with Gasteiger partial charge in [0.2, 0.25) is 0 Å². The molecule has 2 N–H and O–H groups in total. The summed E-state index contributed by atoms with van der Waals surface area (Å²) in [5.74, 6) is -0.304. The van der Waals surface area contributed by atoms with E-state index in [4.69, 9.17) is 26.8 Å². The second kappa shape index (κ2) is 9.34. The molecule has 0 amide bonds. The highest BCUT2D eigenvalue weighted by molar-refractivity contribution is 6.33. The summed E-state index contributed by atoms with van der Waals surface area (Å²) in [6.07, 6.45) is -4.12. The Morgan fingerprint density at radius 3 is 2.38 bits per heavy atom. The van der Waals surface area contributed by atoms with Gasteiger partial charge in [0.05, 0.1) is 48.1 Å². The number of alkyl halides is 3. The van der Waals surface area contributed by atoms with Crippen molar-refractivity contribution >= 4 is 23.1 Å². The van der Waals surface area contributed by atoms with E-state index in [1.165, 1.54) is 19.1 Å². The maximum absolute atomic E-state index is 13.6. The molecule has 0 saturated heterocycles. The van der Waals surface area contributed by atoms with Crippen molar-refractivity contribution in [2.75, 3.05) is 19.1 Å². The molecule has 1 atom stereocenters. The van der Waals surface area contributed by atoms with Gasteiger partial charge in [-0.1, -0.05) is 31.5 Å². The van der Waals surface area contributed by atoms with Gasteiger partial charge in [0, 0.05) is 17.7 Å². The number of nitriles is 1. The van der Waals surface area contributed by atoms with Crippen LogP contribution in [0.3, 0.4) is 0 Å². The summed E-state index contributed by atoms with van der Waals surface area (Å²) >= 11 is 6.39. The van der Waals surface area contributed by atoms with Crippen molar-refractivity contribution in [3.63, 3.8) is 0 Å². The Balaban J connectivity index is 2.03. The number of hydrogen-bond acceptors (Lipinski definition) is 6. The van der Waals surface area contributed by atoms with Gasteiger partial charge in [0.25, 0.3) is 0 Å². The number of nitrogens with two attached hydrogens (primary N) is 1. The number of ketones is 1. The van der Waals surface area contributed by atoms with Gasteiger partial charge in [-0.15, -0.1) is 0 Å². The molecule has 2 aromatic carbocycles. The van der Waals surface area contributed by atoms with Crippen molar-refractivity contribution < 1.29 is 27.4 Å². The van der Waals surface area contributed by atoms with Crippen LogP contribution < -0.4 is 20.1 Å². The first-order valence-corrected chi connectivity index (χ1v) is 11.8. The van der Waals surface area contributed by atoms with Crippen LogP contribution in [-0.4, -0.2) is 20.0 Å². The number of hydrogen-bond donors (Lipinski definition) is 1. The number of Topliss-reactive ketones (excluding diaryl/α,β-unsaturated/α-hetero) is 1. The molecule has 6 nitrogen and oxygen atoms in total. The minimum atomic E-state index is -4.63. The average molecular weight is 532 g/mol. The first-order chi connectivity index (χ1) is 17.3.